The maximum Gasteiger partial charge on any atom is 0.330 e. The normalized spacial score (nSPS) is 33.4. The van der Waals surface area contributed by atoms with E-state index >= 15 is 0 Å². The first-order valence-electron chi connectivity index (χ1n) is 10.00. The van der Waals surface area contributed by atoms with E-state index in [0.29, 0.717) is 12.8 Å². The average molecular weight is 394 g/mol. The van der Waals surface area contributed by atoms with Crippen LogP contribution in [0.15, 0.2) is 24.3 Å². The van der Waals surface area contributed by atoms with E-state index in [-0.39, 0.29) is 37.2 Å². The highest BCUT2D eigenvalue weighted by atomic mass is 16.5. The topological polar surface area (TPSA) is 110 Å². The van der Waals surface area contributed by atoms with Crippen LogP contribution in [0.2, 0.25) is 0 Å². The standard InChI is InChI=1S/C21H30O7/c1-14-6-3-2-4-7-15-12-16(22)13-17(15)18(10-11-21(26)27-14)28-20(25)9-5-8-19(23)24/h4,7,10-11,14-18,22H,2-3,5-6,8-9,12-13H2,1H3,(H,23,24)/b7-4+,11-10+/t14-,15+,16-,17+,18+/m0/s1. The maximum atomic E-state index is 12.2. The summed E-state index contributed by atoms with van der Waals surface area (Å²) in [6.07, 6.45) is 9.29. The minimum atomic E-state index is -0.962. The van der Waals surface area contributed by atoms with E-state index in [1.807, 2.05) is 6.92 Å². The molecule has 0 aromatic heterocycles. The lowest BCUT2D eigenvalue weighted by molar-refractivity contribution is -0.150. The molecule has 1 saturated carbocycles. The van der Waals surface area contributed by atoms with Crippen LogP contribution in [0, 0.1) is 11.8 Å². The minimum absolute atomic E-state index is 0.00605. The van der Waals surface area contributed by atoms with Crippen molar-refractivity contribution in [1.29, 1.82) is 0 Å². The number of aliphatic hydroxyl groups is 1. The third kappa shape index (κ3) is 7.46. The van der Waals surface area contributed by atoms with Gasteiger partial charge >= 0.3 is 17.9 Å². The van der Waals surface area contributed by atoms with Gasteiger partial charge in [-0.05, 0) is 57.4 Å². The fourth-order valence-electron chi connectivity index (χ4n) is 3.80. The highest BCUT2D eigenvalue weighted by Crippen LogP contribution is 2.37. The van der Waals surface area contributed by atoms with E-state index in [4.69, 9.17) is 14.6 Å². The molecule has 1 aliphatic heterocycles. The van der Waals surface area contributed by atoms with Gasteiger partial charge in [0.2, 0.25) is 0 Å². The molecule has 0 amide bonds. The van der Waals surface area contributed by atoms with Crippen LogP contribution in [0.4, 0.5) is 0 Å². The van der Waals surface area contributed by atoms with Crippen LogP contribution < -0.4 is 0 Å². The molecule has 7 nitrogen and oxygen atoms in total. The van der Waals surface area contributed by atoms with Crippen LogP contribution >= 0.6 is 0 Å². The Morgan fingerprint density at radius 1 is 1.25 bits per heavy atom. The molecule has 2 N–H and O–H groups in total. The quantitative estimate of drug-likeness (QED) is 0.545. The molecule has 2 rings (SSSR count). The third-order valence-electron chi connectivity index (χ3n) is 5.20. The van der Waals surface area contributed by atoms with Crippen LogP contribution in [-0.2, 0) is 23.9 Å². The molecule has 0 aromatic rings. The van der Waals surface area contributed by atoms with Crippen LogP contribution in [0.5, 0.6) is 0 Å². The number of hydrogen-bond acceptors (Lipinski definition) is 6. The second-order valence-electron chi connectivity index (χ2n) is 7.62. The number of fused-ring (bicyclic) bond motifs is 1. The zero-order valence-corrected chi connectivity index (χ0v) is 16.3. The van der Waals surface area contributed by atoms with E-state index in [9.17, 15) is 19.5 Å². The number of aliphatic hydroxyl groups excluding tert-OH is 1. The summed E-state index contributed by atoms with van der Waals surface area (Å²) in [5.74, 6) is -2.05. The van der Waals surface area contributed by atoms with E-state index in [2.05, 4.69) is 12.2 Å². The molecule has 0 saturated heterocycles. The highest BCUT2D eigenvalue weighted by molar-refractivity contribution is 5.82. The van der Waals surface area contributed by atoms with Gasteiger partial charge in [-0.15, -0.1) is 0 Å². The van der Waals surface area contributed by atoms with E-state index in [1.165, 1.54) is 12.2 Å². The monoisotopic (exact) mass is 394 g/mol. The molecule has 1 fully saturated rings. The summed E-state index contributed by atoms with van der Waals surface area (Å²) in [5.41, 5.74) is 0. The summed E-state index contributed by atoms with van der Waals surface area (Å²) in [4.78, 5) is 34.8. The SMILES string of the molecule is C[C@H]1CCC/C=C/[C@@H]2C[C@H](O)C[C@H]2[C@H](OC(=O)CCCC(=O)O)/C=C/C(=O)O1. The van der Waals surface area contributed by atoms with E-state index in [1.54, 1.807) is 0 Å². The van der Waals surface area contributed by atoms with Gasteiger partial charge in [0.15, 0.2) is 0 Å². The van der Waals surface area contributed by atoms with Gasteiger partial charge in [-0.1, -0.05) is 12.2 Å². The summed E-state index contributed by atoms with van der Waals surface area (Å²) < 4.78 is 10.9. The van der Waals surface area contributed by atoms with Crippen molar-refractivity contribution in [2.75, 3.05) is 0 Å². The number of carboxylic acid groups (broad SMARTS) is 1. The first kappa shape index (κ1) is 22.1. The first-order valence-corrected chi connectivity index (χ1v) is 10.00. The minimum Gasteiger partial charge on any atom is -0.481 e. The van der Waals surface area contributed by atoms with Crippen LogP contribution in [0.25, 0.3) is 0 Å². The molecule has 0 aromatic carbocycles. The largest absolute Gasteiger partial charge is 0.481 e. The van der Waals surface area contributed by atoms with Crippen molar-refractivity contribution in [2.24, 2.45) is 11.8 Å². The molecular weight excluding hydrogens is 364 g/mol. The van der Waals surface area contributed by atoms with Crippen molar-refractivity contribution >= 4 is 17.9 Å². The Bertz CT molecular complexity index is 610. The predicted octanol–water partition coefficient (Wildman–Crippen LogP) is 2.77. The molecule has 156 valence electrons. The highest BCUT2D eigenvalue weighted by Gasteiger charge is 2.38. The molecule has 28 heavy (non-hydrogen) atoms. The maximum absolute atomic E-state index is 12.2. The number of hydrogen-bond donors (Lipinski definition) is 2. The zero-order valence-electron chi connectivity index (χ0n) is 16.3. The number of allylic oxidation sites excluding steroid dienone is 2. The molecule has 2 aliphatic rings. The molecule has 0 radical (unpaired) electrons. The lowest BCUT2D eigenvalue weighted by Gasteiger charge is -2.24. The molecular formula is C21H30O7. The number of aliphatic carboxylic acids is 1. The summed E-state index contributed by atoms with van der Waals surface area (Å²) in [7, 11) is 0. The third-order valence-corrected chi connectivity index (χ3v) is 5.20. The molecule has 0 unspecified atom stereocenters. The van der Waals surface area contributed by atoms with Gasteiger partial charge in [0.1, 0.15) is 6.10 Å². The Morgan fingerprint density at radius 2 is 2.04 bits per heavy atom. The van der Waals surface area contributed by atoms with E-state index < -0.39 is 30.1 Å². The van der Waals surface area contributed by atoms with Gasteiger partial charge in [-0.2, -0.15) is 0 Å². The lowest BCUT2D eigenvalue weighted by atomic mass is 9.89. The Morgan fingerprint density at radius 3 is 2.79 bits per heavy atom. The van der Waals surface area contributed by atoms with Gasteiger partial charge in [-0.25, -0.2) is 4.79 Å². The smallest absolute Gasteiger partial charge is 0.330 e. The molecule has 0 spiro atoms. The van der Waals surface area contributed by atoms with E-state index in [0.717, 1.165) is 19.3 Å². The summed E-state index contributed by atoms with van der Waals surface area (Å²) in [6.45, 7) is 1.85. The fraction of sp³-hybridized carbons (Fsp3) is 0.667. The Balaban J connectivity index is 2.13. The summed E-state index contributed by atoms with van der Waals surface area (Å²) in [5, 5.41) is 18.8. The van der Waals surface area contributed by atoms with Crippen LogP contribution in [-0.4, -0.2) is 46.4 Å². The van der Waals surface area contributed by atoms with Crippen LogP contribution in [0.1, 0.15) is 58.3 Å². The number of carbonyl (C=O) groups excluding carboxylic acids is 2. The number of ether oxygens (including phenoxy) is 2. The van der Waals surface area contributed by atoms with Crippen molar-refractivity contribution in [3.05, 3.63) is 24.3 Å². The second kappa shape index (κ2) is 11.0. The summed E-state index contributed by atoms with van der Waals surface area (Å²) >= 11 is 0. The van der Waals surface area contributed by atoms with Crippen molar-refractivity contribution in [3.8, 4) is 0 Å². The number of cyclic esters (lactones) is 1. The number of rotatable bonds is 5. The van der Waals surface area contributed by atoms with Gasteiger partial charge in [-0.3, -0.25) is 9.59 Å². The van der Waals surface area contributed by atoms with Gasteiger partial charge < -0.3 is 19.7 Å². The van der Waals surface area contributed by atoms with Gasteiger partial charge in [0, 0.05) is 24.8 Å². The van der Waals surface area contributed by atoms with Gasteiger partial charge in [0.25, 0.3) is 0 Å². The average Bonchev–Trinajstić information content (AvgIpc) is 2.98. The molecule has 7 heteroatoms. The second-order valence-corrected chi connectivity index (χ2v) is 7.62. The summed E-state index contributed by atoms with van der Waals surface area (Å²) in [6, 6.07) is 0. The van der Waals surface area contributed by atoms with Crippen LogP contribution in [0.3, 0.4) is 0 Å². The zero-order chi connectivity index (χ0) is 20.5. The number of carbonyl (C=O) groups is 3. The van der Waals surface area contributed by atoms with Crippen molar-refractivity contribution in [2.45, 2.75) is 76.6 Å². The Kier molecular flexibility index (Phi) is 8.70. The van der Waals surface area contributed by atoms with Crippen molar-refractivity contribution in [1.82, 2.24) is 0 Å². The Hall–Kier alpha value is -2.15. The lowest BCUT2D eigenvalue weighted by Crippen LogP contribution is -2.28. The first-order chi connectivity index (χ1) is 13.3. The van der Waals surface area contributed by atoms with Crippen molar-refractivity contribution in [3.63, 3.8) is 0 Å². The molecule has 1 aliphatic carbocycles. The van der Waals surface area contributed by atoms with Gasteiger partial charge in [0.05, 0.1) is 12.2 Å². The predicted molar refractivity (Wildman–Crippen MR) is 101 cm³/mol. The number of carboxylic acids is 1. The molecule has 5 atom stereocenters. The fourth-order valence-corrected chi connectivity index (χ4v) is 3.80. The number of esters is 2. The molecule has 0 bridgehead atoms. The molecule has 1 heterocycles. The Labute approximate surface area is 165 Å². The van der Waals surface area contributed by atoms with Crippen molar-refractivity contribution < 1.29 is 34.1 Å².